The number of rotatable bonds is 4. The molecule has 188 valence electrons. The maximum absolute atomic E-state index is 13.8. The fraction of sp³-hybridized carbons (Fsp3) is 0.400. The maximum Gasteiger partial charge on any atom is 0.417 e. The van der Waals surface area contributed by atoms with Gasteiger partial charge in [-0.05, 0) is 18.6 Å². The summed E-state index contributed by atoms with van der Waals surface area (Å²) in [5.74, 6) is -4.46. The molecular formula is C20H19F5N6O3S. The molecule has 0 unspecified atom stereocenters. The molecule has 0 saturated carbocycles. The van der Waals surface area contributed by atoms with Gasteiger partial charge >= 0.3 is 6.18 Å². The van der Waals surface area contributed by atoms with Crippen molar-refractivity contribution in [2.24, 2.45) is 0 Å². The third kappa shape index (κ3) is 5.18. The van der Waals surface area contributed by atoms with Crippen LogP contribution in [0.25, 0.3) is 10.9 Å². The molecule has 0 atom stereocenters. The Kier molecular flexibility index (Phi) is 6.15. The number of nitrogens with one attached hydrogen (secondary N) is 1. The largest absolute Gasteiger partial charge is 0.417 e. The molecule has 9 nitrogen and oxygen atoms in total. The minimum absolute atomic E-state index is 0.0475. The molecule has 3 aromatic heterocycles. The molecule has 1 aliphatic rings. The van der Waals surface area contributed by atoms with E-state index in [1.807, 2.05) is 0 Å². The lowest BCUT2D eigenvalue weighted by Crippen LogP contribution is -2.30. The monoisotopic (exact) mass is 518 g/mol. The smallest absolute Gasteiger partial charge is 0.356 e. The van der Waals surface area contributed by atoms with Crippen LogP contribution in [0.4, 0.5) is 33.6 Å². The zero-order valence-corrected chi connectivity index (χ0v) is 19.0. The van der Waals surface area contributed by atoms with Gasteiger partial charge in [-0.2, -0.15) is 17.3 Å². The summed E-state index contributed by atoms with van der Waals surface area (Å²) in [5, 5.41) is 6.33. The number of nitrogens with zero attached hydrogens (tertiary/aromatic N) is 5. The molecule has 4 heterocycles. The predicted octanol–water partition coefficient (Wildman–Crippen LogP) is 3.53. The average Bonchev–Trinajstić information content (AvgIpc) is 3.03. The standard InChI is InChI=1S/C20H19F5N6O3S/c1-35(33,34)31-15-3-6-26-11-14(15)16(29-31)28-18(32)13-9-12(20(23,24)25)10-27-17(13)30-7-2-4-19(21,22)5-8-30/h3,6,9-11H,2,4-5,7-8H2,1H3,(H,28,29,32). The number of hydrogen-bond donors (Lipinski definition) is 1. The molecule has 1 amide bonds. The van der Waals surface area contributed by atoms with E-state index in [0.717, 1.165) is 6.26 Å². The van der Waals surface area contributed by atoms with E-state index in [0.29, 0.717) is 16.4 Å². The molecule has 1 saturated heterocycles. The van der Waals surface area contributed by atoms with Crippen LogP contribution in [-0.2, 0) is 16.2 Å². The van der Waals surface area contributed by atoms with Gasteiger partial charge in [0.05, 0.1) is 28.3 Å². The van der Waals surface area contributed by atoms with Crippen molar-refractivity contribution in [1.82, 2.24) is 19.2 Å². The van der Waals surface area contributed by atoms with Crippen LogP contribution >= 0.6 is 0 Å². The Morgan fingerprint density at radius 3 is 2.60 bits per heavy atom. The van der Waals surface area contributed by atoms with Crippen LogP contribution in [0.15, 0.2) is 30.7 Å². The summed E-state index contributed by atoms with van der Waals surface area (Å²) in [6.07, 6.45) is -1.75. The van der Waals surface area contributed by atoms with Gasteiger partial charge < -0.3 is 10.2 Å². The molecule has 0 radical (unpaired) electrons. The molecule has 0 aliphatic carbocycles. The lowest BCUT2D eigenvalue weighted by molar-refractivity contribution is -0.137. The number of carbonyl (C=O) groups is 1. The summed E-state index contributed by atoms with van der Waals surface area (Å²) >= 11 is 0. The van der Waals surface area contributed by atoms with Crippen LogP contribution < -0.4 is 10.2 Å². The Morgan fingerprint density at radius 2 is 1.91 bits per heavy atom. The van der Waals surface area contributed by atoms with Crippen LogP contribution in [0.1, 0.15) is 35.2 Å². The van der Waals surface area contributed by atoms with Gasteiger partial charge in [-0.1, -0.05) is 0 Å². The minimum Gasteiger partial charge on any atom is -0.356 e. The highest BCUT2D eigenvalue weighted by Gasteiger charge is 2.36. The summed E-state index contributed by atoms with van der Waals surface area (Å²) in [7, 11) is -3.89. The van der Waals surface area contributed by atoms with Gasteiger partial charge in [-0.25, -0.2) is 22.2 Å². The number of amides is 1. The number of halogens is 5. The third-order valence-electron chi connectivity index (χ3n) is 5.45. The lowest BCUT2D eigenvalue weighted by Gasteiger charge is -2.24. The molecule has 15 heteroatoms. The fourth-order valence-corrected chi connectivity index (χ4v) is 4.51. The molecule has 0 spiro atoms. The van der Waals surface area contributed by atoms with Gasteiger partial charge in [0.25, 0.3) is 15.9 Å². The fourth-order valence-electron chi connectivity index (χ4n) is 3.76. The van der Waals surface area contributed by atoms with Crippen molar-refractivity contribution in [3.05, 3.63) is 41.9 Å². The van der Waals surface area contributed by atoms with Gasteiger partial charge in [0.2, 0.25) is 5.92 Å². The Morgan fingerprint density at radius 1 is 1.17 bits per heavy atom. The van der Waals surface area contributed by atoms with Crippen LogP contribution in [0.5, 0.6) is 0 Å². The molecule has 35 heavy (non-hydrogen) atoms. The lowest BCUT2D eigenvalue weighted by atomic mass is 10.1. The van der Waals surface area contributed by atoms with E-state index < -0.39 is 52.0 Å². The highest BCUT2D eigenvalue weighted by Crippen LogP contribution is 2.34. The summed E-state index contributed by atoms with van der Waals surface area (Å²) in [5.41, 5.74) is -1.63. The van der Waals surface area contributed by atoms with E-state index in [9.17, 15) is 35.2 Å². The van der Waals surface area contributed by atoms with Crippen LogP contribution in [0.3, 0.4) is 0 Å². The first kappa shape index (κ1) is 24.8. The normalized spacial score (nSPS) is 16.8. The molecule has 0 aromatic carbocycles. The second-order valence-corrected chi connectivity index (χ2v) is 9.90. The van der Waals surface area contributed by atoms with Crippen LogP contribution in [-0.4, -0.2) is 58.7 Å². The highest BCUT2D eigenvalue weighted by atomic mass is 32.2. The number of hydrogen-bond acceptors (Lipinski definition) is 7. The number of anilines is 2. The Balaban J connectivity index is 1.76. The second-order valence-electron chi connectivity index (χ2n) is 8.09. The summed E-state index contributed by atoms with van der Waals surface area (Å²) < 4.78 is 92.6. The van der Waals surface area contributed by atoms with Gasteiger partial charge in [0, 0.05) is 44.5 Å². The molecule has 0 bridgehead atoms. The molecule has 1 N–H and O–H groups in total. The predicted molar refractivity (Wildman–Crippen MR) is 116 cm³/mol. The van der Waals surface area contributed by atoms with Gasteiger partial charge in [-0.3, -0.25) is 9.78 Å². The summed E-state index contributed by atoms with van der Waals surface area (Å²) in [6.45, 7) is -0.162. The highest BCUT2D eigenvalue weighted by molar-refractivity contribution is 7.89. The quantitative estimate of drug-likeness (QED) is 0.526. The van der Waals surface area contributed by atoms with E-state index in [4.69, 9.17) is 0 Å². The van der Waals surface area contributed by atoms with Crippen molar-refractivity contribution in [3.63, 3.8) is 0 Å². The van der Waals surface area contributed by atoms with Gasteiger partial charge in [0.1, 0.15) is 5.82 Å². The van der Waals surface area contributed by atoms with Gasteiger partial charge in [0.15, 0.2) is 5.82 Å². The molecule has 1 fully saturated rings. The van der Waals surface area contributed by atoms with Crippen molar-refractivity contribution >= 4 is 38.5 Å². The topological polar surface area (TPSA) is 110 Å². The number of carbonyl (C=O) groups excluding carboxylic acids is 1. The molecule has 1 aliphatic heterocycles. The van der Waals surface area contributed by atoms with Crippen molar-refractivity contribution in [1.29, 1.82) is 0 Å². The first-order valence-corrected chi connectivity index (χ1v) is 12.2. The number of alkyl halides is 5. The minimum atomic E-state index is -4.82. The molecular weight excluding hydrogens is 499 g/mol. The van der Waals surface area contributed by atoms with Crippen molar-refractivity contribution in [3.8, 4) is 0 Å². The number of fused-ring (bicyclic) bond motifs is 1. The van der Waals surface area contributed by atoms with E-state index in [-0.39, 0.29) is 42.0 Å². The maximum atomic E-state index is 13.8. The second kappa shape index (κ2) is 8.70. The van der Waals surface area contributed by atoms with Crippen molar-refractivity contribution in [2.75, 3.05) is 29.6 Å². The Hall–Kier alpha value is -3.36. The SMILES string of the molecule is CS(=O)(=O)n1nc(NC(=O)c2cc(C(F)(F)F)cnc2N2CCCC(F)(F)CC2)c2cnccc21. The van der Waals surface area contributed by atoms with E-state index in [1.54, 1.807) is 0 Å². The van der Waals surface area contributed by atoms with E-state index in [2.05, 4.69) is 20.4 Å². The average molecular weight is 518 g/mol. The molecule has 3 aromatic rings. The summed E-state index contributed by atoms with van der Waals surface area (Å²) in [6, 6.07) is 1.92. The van der Waals surface area contributed by atoms with Crippen LogP contribution in [0, 0.1) is 0 Å². The van der Waals surface area contributed by atoms with Gasteiger partial charge in [-0.15, -0.1) is 5.10 Å². The number of pyridine rings is 2. The first-order valence-electron chi connectivity index (χ1n) is 10.3. The zero-order chi connectivity index (χ0) is 25.6. The number of aromatic nitrogens is 4. The van der Waals surface area contributed by atoms with Crippen molar-refractivity contribution in [2.45, 2.75) is 31.4 Å². The van der Waals surface area contributed by atoms with Crippen LogP contribution in [0.2, 0.25) is 0 Å². The van der Waals surface area contributed by atoms with E-state index >= 15 is 0 Å². The summed E-state index contributed by atoms with van der Waals surface area (Å²) in [4.78, 5) is 22.2. The third-order valence-corrected chi connectivity index (χ3v) is 6.36. The first-order chi connectivity index (χ1) is 16.3. The zero-order valence-electron chi connectivity index (χ0n) is 18.2. The molecule has 4 rings (SSSR count). The van der Waals surface area contributed by atoms with Crippen molar-refractivity contribution < 1.29 is 35.2 Å². The van der Waals surface area contributed by atoms with E-state index in [1.165, 1.54) is 23.4 Å². The Bertz CT molecular complexity index is 1390. The Labute approximate surface area is 196 Å².